The van der Waals surface area contributed by atoms with E-state index in [0.29, 0.717) is 5.06 Å². The third-order valence-electron chi connectivity index (χ3n) is 3.14. The molecule has 0 aromatic heterocycles. The molecule has 0 unspecified atom stereocenters. The van der Waals surface area contributed by atoms with Gasteiger partial charge in [-0.2, -0.15) is 0 Å². The highest BCUT2D eigenvalue weighted by atomic mass is 16.7. The highest BCUT2D eigenvalue weighted by Crippen LogP contribution is 2.22. The van der Waals surface area contributed by atoms with Crippen molar-refractivity contribution < 1.29 is 19.2 Å². The zero-order chi connectivity index (χ0) is 14.8. The molecule has 0 N–H and O–H groups in total. The first-order valence-electron chi connectivity index (χ1n) is 6.39. The molecule has 1 heterocycles. The molecule has 0 aliphatic carbocycles. The largest absolute Gasteiger partial charge is 0.337 e. The molecule has 0 radical (unpaired) electrons. The number of nitrogens with zero attached hydrogens (tertiary/aromatic N) is 1. The van der Waals surface area contributed by atoms with Crippen LogP contribution in [0.1, 0.15) is 26.3 Å². The number of carbonyl (C=O) groups excluding carboxylic acids is 3. The molecule has 2 aromatic rings. The number of carbonyl (C=O) groups is 3. The van der Waals surface area contributed by atoms with Crippen LogP contribution in [0.3, 0.4) is 0 Å². The van der Waals surface area contributed by atoms with Gasteiger partial charge in [-0.05, 0) is 17.7 Å². The molecule has 0 bridgehead atoms. The molecule has 0 fully saturated rings. The quantitative estimate of drug-likeness (QED) is 0.807. The summed E-state index contributed by atoms with van der Waals surface area (Å²) >= 11 is 0. The van der Waals surface area contributed by atoms with Crippen LogP contribution in [0.2, 0.25) is 0 Å². The van der Waals surface area contributed by atoms with Crippen LogP contribution >= 0.6 is 0 Å². The first kappa shape index (κ1) is 13.1. The van der Waals surface area contributed by atoms with E-state index in [-0.39, 0.29) is 17.5 Å². The highest BCUT2D eigenvalue weighted by Gasteiger charge is 2.38. The Morgan fingerprint density at radius 2 is 1.38 bits per heavy atom. The summed E-state index contributed by atoms with van der Waals surface area (Å²) in [5, 5.41) is 0.524. The van der Waals surface area contributed by atoms with Crippen LogP contribution < -0.4 is 0 Å². The second-order valence-corrected chi connectivity index (χ2v) is 4.58. The van der Waals surface area contributed by atoms with Crippen molar-refractivity contribution in [2.24, 2.45) is 0 Å². The fraction of sp³-hybridized carbons (Fsp3) is 0.0625. The summed E-state index contributed by atoms with van der Waals surface area (Å²) in [6.45, 7) is 0. The van der Waals surface area contributed by atoms with Crippen LogP contribution in [0.5, 0.6) is 0 Å². The Morgan fingerprint density at radius 3 is 1.95 bits per heavy atom. The molecule has 2 aromatic carbocycles. The van der Waals surface area contributed by atoms with Crippen LogP contribution in [0.15, 0.2) is 54.6 Å². The van der Waals surface area contributed by atoms with Gasteiger partial charge in [0.1, 0.15) is 0 Å². The molecule has 5 nitrogen and oxygen atoms in total. The van der Waals surface area contributed by atoms with Gasteiger partial charge in [-0.15, -0.1) is 0 Å². The molecule has 5 heteroatoms. The number of hydrogen-bond acceptors (Lipinski definition) is 4. The van der Waals surface area contributed by atoms with Gasteiger partial charge in [-0.1, -0.05) is 47.5 Å². The third-order valence-corrected chi connectivity index (χ3v) is 3.14. The maximum Gasteiger partial charge on any atom is 0.337 e. The first-order chi connectivity index (χ1) is 10.2. The van der Waals surface area contributed by atoms with E-state index in [1.807, 2.05) is 6.07 Å². The monoisotopic (exact) mass is 281 g/mol. The average molecular weight is 281 g/mol. The number of hydrogen-bond donors (Lipinski definition) is 0. The van der Waals surface area contributed by atoms with Crippen molar-refractivity contribution in [3.05, 3.63) is 71.3 Å². The second kappa shape index (κ2) is 5.20. The lowest BCUT2D eigenvalue weighted by Gasteiger charge is -2.12. The number of amides is 2. The van der Waals surface area contributed by atoms with Crippen LogP contribution in [-0.2, 0) is 16.1 Å². The number of fused-ring (bicyclic) bond motifs is 1. The van der Waals surface area contributed by atoms with E-state index in [1.165, 1.54) is 12.1 Å². The Bertz CT molecular complexity index is 689. The normalized spacial score (nSPS) is 13.2. The van der Waals surface area contributed by atoms with E-state index >= 15 is 0 Å². The molecule has 0 saturated carbocycles. The SMILES string of the molecule is O=C(Cc1ccccc1)ON1C(=O)c2ccccc2C1=O. The minimum Gasteiger partial charge on any atom is -0.329 e. The summed E-state index contributed by atoms with van der Waals surface area (Å²) in [7, 11) is 0. The van der Waals surface area contributed by atoms with Gasteiger partial charge in [0.15, 0.2) is 0 Å². The Kier molecular flexibility index (Phi) is 3.23. The number of hydroxylamine groups is 2. The Morgan fingerprint density at radius 1 is 0.857 bits per heavy atom. The van der Waals surface area contributed by atoms with Crippen molar-refractivity contribution in [3.8, 4) is 0 Å². The molecular formula is C16H11NO4. The van der Waals surface area contributed by atoms with Crippen molar-refractivity contribution in [3.63, 3.8) is 0 Å². The zero-order valence-electron chi connectivity index (χ0n) is 11.0. The van der Waals surface area contributed by atoms with E-state index in [2.05, 4.69) is 0 Å². The second-order valence-electron chi connectivity index (χ2n) is 4.58. The van der Waals surface area contributed by atoms with Crippen LogP contribution in [0.4, 0.5) is 0 Å². The summed E-state index contributed by atoms with van der Waals surface area (Å²) in [4.78, 5) is 40.8. The van der Waals surface area contributed by atoms with E-state index in [9.17, 15) is 14.4 Å². The topological polar surface area (TPSA) is 63.7 Å². The fourth-order valence-electron chi connectivity index (χ4n) is 2.15. The lowest BCUT2D eigenvalue weighted by Crippen LogP contribution is -2.33. The summed E-state index contributed by atoms with van der Waals surface area (Å²) in [5.41, 5.74) is 1.24. The predicted molar refractivity (Wildman–Crippen MR) is 73.2 cm³/mol. The lowest BCUT2D eigenvalue weighted by molar-refractivity contribution is -0.167. The number of benzene rings is 2. The van der Waals surface area contributed by atoms with Crippen molar-refractivity contribution in [2.45, 2.75) is 6.42 Å². The molecule has 0 saturated heterocycles. The summed E-state index contributed by atoms with van der Waals surface area (Å²) in [6.07, 6.45) is -0.00571. The summed E-state index contributed by atoms with van der Waals surface area (Å²) in [5.74, 6) is -1.88. The molecule has 0 spiro atoms. The van der Waals surface area contributed by atoms with Gasteiger partial charge in [0.2, 0.25) is 0 Å². The van der Waals surface area contributed by atoms with Crippen LogP contribution in [-0.4, -0.2) is 22.8 Å². The predicted octanol–water partition coefficient (Wildman–Crippen LogP) is 1.98. The Hall–Kier alpha value is -2.95. The lowest BCUT2D eigenvalue weighted by atomic mass is 10.1. The maximum atomic E-state index is 12.0. The standard InChI is InChI=1S/C16H11NO4/c18-14(10-11-6-2-1-3-7-11)21-17-15(19)12-8-4-5-9-13(12)16(17)20/h1-9H,10H2. The molecular weight excluding hydrogens is 270 g/mol. The number of rotatable bonds is 3. The Labute approximate surface area is 120 Å². The summed E-state index contributed by atoms with van der Waals surface area (Å²) < 4.78 is 0. The average Bonchev–Trinajstić information content (AvgIpc) is 2.74. The molecule has 1 aliphatic rings. The molecule has 3 rings (SSSR count). The van der Waals surface area contributed by atoms with Gasteiger partial charge in [0, 0.05) is 0 Å². The molecule has 104 valence electrons. The first-order valence-corrected chi connectivity index (χ1v) is 6.39. The molecule has 1 aliphatic heterocycles. The molecule has 0 atom stereocenters. The van der Waals surface area contributed by atoms with Crippen molar-refractivity contribution >= 4 is 17.8 Å². The fourth-order valence-corrected chi connectivity index (χ4v) is 2.15. The van der Waals surface area contributed by atoms with E-state index < -0.39 is 17.8 Å². The van der Waals surface area contributed by atoms with Gasteiger partial charge >= 0.3 is 5.97 Å². The van der Waals surface area contributed by atoms with E-state index in [4.69, 9.17) is 4.84 Å². The van der Waals surface area contributed by atoms with Gasteiger partial charge in [0.05, 0.1) is 17.5 Å². The Balaban J connectivity index is 1.73. The molecule has 2 amide bonds. The van der Waals surface area contributed by atoms with Gasteiger partial charge in [0.25, 0.3) is 11.8 Å². The minimum atomic E-state index is -0.657. The van der Waals surface area contributed by atoms with Gasteiger partial charge in [-0.25, -0.2) is 4.79 Å². The molecule has 21 heavy (non-hydrogen) atoms. The number of imide groups is 1. The highest BCUT2D eigenvalue weighted by molar-refractivity contribution is 6.20. The van der Waals surface area contributed by atoms with Crippen LogP contribution in [0, 0.1) is 0 Å². The van der Waals surface area contributed by atoms with E-state index in [1.54, 1.807) is 36.4 Å². The van der Waals surface area contributed by atoms with E-state index in [0.717, 1.165) is 5.56 Å². The van der Waals surface area contributed by atoms with Crippen molar-refractivity contribution in [1.82, 2.24) is 5.06 Å². The third kappa shape index (κ3) is 2.41. The summed E-state index contributed by atoms with van der Waals surface area (Å²) in [6, 6.07) is 15.3. The van der Waals surface area contributed by atoms with Crippen molar-refractivity contribution in [1.29, 1.82) is 0 Å². The van der Waals surface area contributed by atoms with Crippen molar-refractivity contribution in [2.75, 3.05) is 0 Å². The minimum absolute atomic E-state index is 0.00571. The van der Waals surface area contributed by atoms with Gasteiger partial charge in [-0.3, -0.25) is 9.59 Å². The smallest absolute Gasteiger partial charge is 0.329 e. The van der Waals surface area contributed by atoms with Crippen LogP contribution in [0.25, 0.3) is 0 Å². The van der Waals surface area contributed by atoms with Gasteiger partial charge < -0.3 is 4.84 Å². The maximum absolute atomic E-state index is 12.0. The zero-order valence-corrected chi connectivity index (χ0v) is 11.0.